The summed E-state index contributed by atoms with van der Waals surface area (Å²) in [6.45, 7) is 3.99. The molecule has 0 amide bonds. The summed E-state index contributed by atoms with van der Waals surface area (Å²) in [6.07, 6.45) is 0. The molecule has 1 aromatic carbocycles. The molecule has 0 aliphatic heterocycles. The molecule has 78 valence electrons. The van der Waals surface area contributed by atoms with Crippen LogP contribution in [0.3, 0.4) is 0 Å². The van der Waals surface area contributed by atoms with Gasteiger partial charge in [-0.3, -0.25) is 0 Å². The highest BCUT2D eigenvalue weighted by atomic mass is 35.5. The maximum Gasteiger partial charge on any atom is 0.139 e. The molecule has 0 fully saturated rings. The lowest BCUT2D eigenvalue weighted by Crippen LogP contribution is -1.98. The van der Waals surface area contributed by atoms with Gasteiger partial charge in [0, 0.05) is 16.4 Å². The van der Waals surface area contributed by atoms with Crippen molar-refractivity contribution in [2.24, 2.45) is 0 Å². The lowest BCUT2D eigenvalue weighted by molar-refractivity contribution is 0.471. The molecule has 0 bridgehead atoms. The molecule has 0 unspecified atom stereocenters. The van der Waals surface area contributed by atoms with E-state index in [0.29, 0.717) is 5.02 Å². The first-order chi connectivity index (χ1) is 7.09. The van der Waals surface area contributed by atoms with Crippen LogP contribution >= 0.6 is 11.6 Å². The molecule has 0 radical (unpaired) electrons. The highest BCUT2D eigenvalue weighted by Crippen LogP contribution is 2.27. The minimum absolute atomic E-state index is 0.238. The number of phenolic OH excluding ortho intramolecular Hbond substituents is 1. The first-order valence-electron chi connectivity index (χ1n) is 4.73. The van der Waals surface area contributed by atoms with Gasteiger partial charge in [0.1, 0.15) is 5.75 Å². The fraction of sp³-hybridized carbons (Fsp3) is 0.167. The second-order valence-electron chi connectivity index (χ2n) is 3.58. The van der Waals surface area contributed by atoms with Crippen LogP contribution in [0, 0.1) is 13.8 Å². The van der Waals surface area contributed by atoms with Crippen LogP contribution < -0.4 is 0 Å². The molecule has 0 aliphatic rings. The van der Waals surface area contributed by atoms with Crippen LogP contribution in [0.2, 0.25) is 5.02 Å². The molecule has 0 aliphatic carbocycles. The van der Waals surface area contributed by atoms with Crippen molar-refractivity contribution in [2.45, 2.75) is 13.8 Å². The Labute approximate surface area is 93.7 Å². The van der Waals surface area contributed by atoms with Gasteiger partial charge in [0.15, 0.2) is 0 Å². The normalized spacial score (nSPS) is 10.6. The van der Waals surface area contributed by atoms with Crippen LogP contribution in [-0.4, -0.2) is 9.67 Å². The first-order valence-corrected chi connectivity index (χ1v) is 5.11. The molecule has 0 atom stereocenters. The summed E-state index contributed by atoms with van der Waals surface area (Å²) in [5.41, 5.74) is 2.87. The Morgan fingerprint density at radius 1 is 1.07 bits per heavy atom. The van der Waals surface area contributed by atoms with Gasteiger partial charge in [0.05, 0.1) is 5.69 Å². The van der Waals surface area contributed by atoms with Crippen molar-refractivity contribution in [1.29, 1.82) is 0 Å². The number of rotatable bonds is 1. The Morgan fingerprint density at radius 2 is 1.67 bits per heavy atom. The van der Waals surface area contributed by atoms with Crippen molar-refractivity contribution in [3.05, 3.63) is 46.7 Å². The van der Waals surface area contributed by atoms with Gasteiger partial charge in [-0.2, -0.15) is 0 Å². The zero-order valence-corrected chi connectivity index (χ0v) is 9.42. The molecular formula is C12H12ClNO. The van der Waals surface area contributed by atoms with E-state index in [4.69, 9.17) is 11.6 Å². The predicted octanol–water partition coefficient (Wildman–Crippen LogP) is 3.45. The van der Waals surface area contributed by atoms with E-state index in [9.17, 15) is 5.11 Å². The number of hydrogen-bond acceptors (Lipinski definition) is 1. The standard InChI is InChI=1S/C12H12ClNO/c1-8-3-4-9(2)14(8)11-7-10(13)5-6-12(11)15/h3-7,15H,1-2H3. The van der Waals surface area contributed by atoms with E-state index in [2.05, 4.69) is 0 Å². The summed E-state index contributed by atoms with van der Waals surface area (Å²) in [5.74, 6) is 0.238. The Kier molecular flexibility index (Phi) is 2.45. The summed E-state index contributed by atoms with van der Waals surface area (Å²) < 4.78 is 1.97. The van der Waals surface area contributed by atoms with Gasteiger partial charge in [-0.25, -0.2) is 0 Å². The zero-order valence-electron chi connectivity index (χ0n) is 8.66. The van der Waals surface area contributed by atoms with Gasteiger partial charge in [0.25, 0.3) is 0 Å². The number of benzene rings is 1. The third-order valence-corrected chi connectivity index (χ3v) is 2.68. The van der Waals surface area contributed by atoms with Crippen LogP contribution in [0.1, 0.15) is 11.4 Å². The Hall–Kier alpha value is -1.41. The monoisotopic (exact) mass is 221 g/mol. The smallest absolute Gasteiger partial charge is 0.139 e. The summed E-state index contributed by atoms with van der Waals surface area (Å²) in [4.78, 5) is 0. The van der Waals surface area contributed by atoms with Gasteiger partial charge < -0.3 is 9.67 Å². The van der Waals surface area contributed by atoms with Crippen LogP contribution in [0.5, 0.6) is 5.75 Å². The molecule has 0 spiro atoms. The molecule has 0 saturated heterocycles. The molecular weight excluding hydrogens is 210 g/mol. The van der Waals surface area contributed by atoms with Crippen molar-refractivity contribution in [2.75, 3.05) is 0 Å². The topological polar surface area (TPSA) is 25.2 Å². The Bertz CT molecular complexity index is 483. The number of hydrogen-bond donors (Lipinski definition) is 1. The fourth-order valence-electron chi connectivity index (χ4n) is 1.72. The quantitative estimate of drug-likeness (QED) is 0.784. The second-order valence-corrected chi connectivity index (χ2v) is 4.02. The third-order valence-electron chi connectivity index (χ3n) is 2.45. The Balaban J connectivity index is 2.68. The molecule has 1 heterocycles. The van der Waals surface area contributed by atoms with Crippen molar-refractivity contribution >= 4 is 11.6 Å². The number of phenols is 1. The van der Waals surface area contributed by atoms with Crippen molar-refractivity contribution in [1.82, 2.24) is 4.57 Å². The summed E-state index contributed by atoms with van der Waals surface area (Å²) >= 11 is 5.91. The summed E-state index contributed by atoms with van der Waals surface area (Å²) in [6, 6.07) is 9.06. The average molecular weight is 222 g/mol. The van der Waals surface area contributed by atoms with Gasteiger partial charge in [-0.05, 0) is 44.2 Å². The number of aryl methyl sites for hydroxylation is 2. The van der Waals surface area contributed by atoms with Crippen molar-refractivity contribution < 1.29 is 5.11 Å². The van der Waals surface area contributed by atoms with Crippen molar-refractivity contribution in [3.63, 3.8) is 0 Å². The molecule has 1 aromatic heterocycles. The lowest BCUT2D eigenvalue weighted by Gasteiger charge is -2.11. The minimum Gasteiger partial charge on any atom is -0.506 e. The minimum atomic E-state index is 0.238. The number of aromatic hydroxyl groups is 1. The van der Waals surface area contributed by atoms with E-state index in [-0.39, 0.29) is 5.75 Å². The van der Waals surface area contributed by atoms with Gasteiger partial charge >= 0.3 is 0 Å². The summed E-state index contributed by atoms with van der Waals surface area (Å²) in [5, 5.41) is 10.4. The maximum atomic E-state index is 9.78. The third kappa shape index (κ3) is 1.73. The fourth-order valence-corrected chi connectivity index (χ4v) is 1.89. The zero-order chi connectivity index (χ0) is 11.0. The lowest BCUT2D eigenvalue weighted by atomic mass is 10.2. The molecule has 15 heavy (non-hydrogen) atoms. The average Bonchev–Trinajstić information content (AvgIpc) is 2.51. The SMILES string of the molecule is Cc1ccc(C)n1-c1cc(Cl)ccc1O. The summed E-state index contributed by atoms with van der Waals surface area (Å²) in [7, 11) is 0. The maximum absolute atomic E-state index is 9.78. The van der Waals surface area contributed by atoms with Crippen LogP contribution in [0.25, 0.3) is 5.69 Å². The number of aromatic nitrogens is 1. The van der Waals surface area contributed by atoms with E-state index >= 15 is 0 Å². The van der Waals surface area contributed by atoms with Crippen LogP contribution in [-0.2, 0) is 0 Å². The second kappa shape index (κ2) is 3.63. The van der Waals surface area contributed by atoms with Crippen molar-refractivity contribution in [3.8, 4) is 11.4 Å². The first kappa shape index (κ1) is 10.1. The highest BCUT2D eigenvalue weighted by Gasteiger charge is 2.08. The molecule has 2 rings (SSSR count). The van der Waals surface area contributed by atoms with Gasteiger partial charge in [-0.1, -0.05) is 11.6 Å². The van der Waals surface area contributed by atoms with E-state index in [1.165, 1.54) is 0 Å². The number of halogens is 1. The molecule has 0 saturated carbocycles. The van der Waals surface area contributed by atoms with Crippen LogP contribution in [0.15, 0.2) is 30.3 Å². The van der Waals surface area contributed by atoms with E-state index in [1.807, 2.05) is 30.5 Å². The largest absolute Gasteiger partial charge is 0.506 e. The number of nitrogens with zero attached hydrogens (tertiary/aromatic N) is 1. The Morgan fingerprint density at radius 3 is 2.27 bits per heavy atom. The van der Waals surface area contributed by atoms with Crippen LogP contribution in [0.4, 0.5) is 0 Å². The molecule has 2 aromatic rings. The van der Waals surface area contributed by atoms with E-state index in [0.717, 1.165) is 17.1 Å². The van der Waals surface area contributed by atoms with Gasteiger partial charge in [-0.15, -0.1) is 0 Å². The molecule has 1 N–H and O–H groups in total. The highest BCUT2D eigenvalue weighted by molar-refractivity contribution is 6.30. The van der Waals surface area contributed by atoms with Gasteiger partial charge in [0.2, 0.25) is 0 Å². The predicted molar refractivity (Wildman–Crippen MR) is 61.9 cm³/mol. The van der Waals surface area contributed by atoms with E-state index in [1.54, 1.807) is 18.2 Å². The molecule has 3 heteroatoms. The molecule has 2 nitrogen and oxygen atoms in total. The van der Waals surface area contributed by atoms with E-state index < -0.39 is 0 Å².